The highest BCUT2D eigenvalue weighted by Crippen LogP contribution is 2.65. The number of aromatic nitrogens is 2. The number of para-hydroxylation sites is 2. The minimum absolute atomic E-state index is 0.117. The SMILES string of the molecule is C[C@@]12CC[C@H]3[C@@H](CC=C4C[C@@H](O)CC[C@]43C)[C@@H]1CC=C2n1cnc2ccccc21. The van der Waals surface area contributed by atoms with Crippen molar-refractivity contribution < 1.29 is 5.11 Å². The molecular weight excluding hydrogens is 356 g/mol. The fourth-order valence-electron chi connectivity index (χ4n) is 7.71. The smallest absolute Gasteiger partial charge is 0.100 e. The molecule has 0 amide bonds. The molecule has 1 heterocycles. The summed E-state index contributed by atoms with van der Waals surface area (Å²) in [6, 6.07) is 8.52. The number of aliphatic hydroxyl groups is 1. The average Bonchev–Trinajstić information content (AvgIpc) is 3.29. The summed E-state index contributed by atoms with van der Waals surface area (Å²) in [4.78, 5) is 4.67. The molecule has 152 valence electrons. The van der Waals surface area contributed by atoms with Crippen molar-refractivity contribution in [2.24, 2.45) is 28.6 Å². The number of benzene rings is 1. The zero-order valence-electron chi connectivity index (χ0n) is 17.6. The highest BCUT2D eigenvalue weighted by Gasteiger charge is 2.57. The molecule has 0 saturated heterocycles. The molecule has 0 radical (unpaired) electrons. The van der Waals surface area contributed by atoms with E-state index in [4.69, 9.17) is 0 Å². The van der Waals surface area contributed by atoms with E-state index in [-0.39, 0.29) is 11.5 Å². The highest BCUT2D eigenvalue weighted by atomic mass is 16.3. The molecule has 6 rings (SSSR count). The first kappa shape index (κ1) is 17.9. The van der Waals surface area contributed by atoms with E-state index in [2.05, 4.69) is 59.8 Å². The number of aliphatic hydroxyl groups excluding tert-OH is 1. The fourth-order valence-corrected chi connectivity index (χ4v) is 7.71. The van der Waals surface area contributed by atoms with E-state index in [1.807, 2.05) is 6.33 Å². The van der Waals surface area contributed by atoms with Crippen LogP contribution < -0.4 is 0 Å². The summed E-state index contributed by atoms with van der Waals surface area (Å²) in [5.41, 5.74) is 5.92. The molecule has 0 spiro atoms. The van der Waals surface area contributed by atoms with Crippen molar-refractivity contribution in [1.29, 1.82) is 0 Å². The van der Waals surface area contributed by atoms with Crippen LogP contribution in [0.15, 0.2) is 48.3 Å². The maximum Gasteiger partial charge on any atom is 0.100 e. The second-order valence-electron chi connectivity index (χ2n) is 10.5. The molecule has 0 unspecified atom stereocenters. The van der Waals surface area contributed by atoms with Gasteiger partial charge in [-0.05, 0) is 80.2 Å². The lowest BCUT2D eigenvalue weighted by atomic mass is 9.48. The second kappa shape index (κ2) is 6.07. The predicted molar refractivity (Wildman–Crippen MR) is 117 cm³/mol. The lowest BCUT2D eigenvalue weighted by Gasteiger charge is -2.57. The Hall–Kier alpha value is -1.87. The number of hydrogen-bond donors (Lipinski definition) is 1. The summed E-state index contributed by atoms with van der Waals surface area (Å²) < 4.78 is 2.37. The van der Waals surface area contributed by atoms with Gasteiger partial charge in [-0.1, -0.05) is 43.7 Å². The quantitative estimate of drug-likeness (QED) is 0.626. The lowest BCUT2D eigenvalue weighted by Crippen LogP contribution is -2.50. The van der Waals surface area contributed by atoms with Gasteiger partial charge in [0.15, 0.2) is 0 Å². The monoisotopic (exact) mass is 388 g/mol. The van der Waals surface area contributed by atoms with Crippen LogP contribution in [0, 0.1) is 28.6 Å². The van der Waals surface area contributed by atoms with E-state index in [0.717, 1.165) is 42.5 Å². The molecule has 29 heavy (non-hydrogen) atoms. The van der Waals surface area contributed by atoms with Crippen molar-refractivity contribution in [2.75, 3.05) is 0 Å². The maximum absolute atomic E-state index is 10.2. The molecule has 3 heteroatoms. The van der Waals surface area contributed by atoms with E-state index in [1.165, 1.54) is 36.9 Å². The van der Waals surface area contributed by atoms with Crippen molar-refractivity contribution >= 4 is 16.7 Å². The number of fused-ring (bicyclic) bond motifs is 6. The molecule has 6 atom stereocenters. The Balaban J connectivity index is 1.36. The van der Waals surface area contributed by atoms with Gasteiger partial charge in [0.1, 0.15) is 6.33 Å². The third-order valence-electron chi connectivity index (χ3n) is 9.33. The standard InChI is InChI=1S/C26H32N2O/c1-25-13-11-18(29)15-17(25)7-8-19-20-9-10-24(26(20,2)14-12-21(19)25)28-16-27-22-5-3-4-6-23(22)28/h3-7,10,16,18-21,29H,8-9,11-15H2,1-2H3/t18-,19-,20-,21-,25+,26+/m0/s1. The molecule has 4 aliphatic carbocycles. The molecule has 2 aromatic rings. The summed E-state index contributed by atoms with van der Waals surface area (Å²) in [5.74, 6) is 2.26. The first-order valence-corrected chi connectivity index (χ1v) is 11.5. The zero-order valence-corrected chi connectivity index (χ0v) is 17.6. The van der Waals surface area contributed by atoms with E-state index in [9.17, 15) is 5.11 Å². The Bertz CT molecular complexity index is 1030. The molecule has 2 fully saturated rings. The van der Waals surface area contributed by atoms with Crippen LogP contribution >= 0.6 is 0 Å². The van der Waals surface area contributed by atoms with Gasteiger partial charge in [0.2, 0.25) is 0 Å². The minimum atomic E-state index is -0.117. The predicted octanol–water partition coefficient (Wildman–Crippen LogP) is 5.81. The molecule has 0 aliphatic heterocycles. The number of allylic oxidation sites excluding steroid dienone is 3. The van der Waals surface area contributed by atoms with Crippen LogP contribution in [0.25, 0.3) is 16.7 Å². The van der Waals surface area contributed by atoms with Crippen LogP contribution in [-0.2, 0) is 0 Å². The van der Waals surface area contributed by atoms with Crippen LogP contribution in [0.4, 0.5) is 0 Å². The van der Waals surface area contributed by atoms with Gasteiger partial charge in [0, 0.05) is 11.1 Å². The van der Waals surface area contributed by atoms with Crippen LogP contribution in [0.3, 0.4) is 0 Å². The second-order valence-corrected chi connectivity index (χ2v) is 10.5. The third-order valence-corrected chi connectivity index (χ3v) is 9.33. The normalized spacial score (nSPS) is 41.3. The summed E-state index contributed by atoms with van der Waals surface area (Å²) in [6.07, 6.45) is 15.0. The molecule has 1 aromatic heterocycles. The van der Waals surface area contributed by atoms with Crippen molar-refractivity contribution in [3.63, 3.8) is 0 Å². The topological polar surface area (TPSA) is 38.0 Å². The first-order valence-electron chi connectivity index (χ1n) is 11.5. The Kier molecular flexibility index (Phi) is 3.76. The zero-order chi connectivity index (χ0) is 19.8. The Morgan fingerprint density at radius 1 is 1.00 bits per heavy atom. The van der Waals surface area contributed by atoms with E-state index >= 15 is 0 Å². The van der Waals surface area contributed by atoms with Gasteiger partial charge in [0.05, 0.1) is 17.1 Å². The van der Waals surface area contributed by atoms with Gasteiger partial charge >= 0.3 is 0 Å². The van der Waals surface area contributed by atoms with E-state index in [0.29, 0.717) is 5.41 Å². The molecule has 1 N–H and O–H groups in total. The molecular formula is C26H32N2O. The van der Waals surface area contributed by atoms with Crippen molar-refractivity contribution in [1.82, 2.24) is 9.55 Å². The number of nitrogens with zero attached hydrogens (tertiary/aromatic N) is 2. The van der Waals surface area contributed by atoms with E-state index < -0.39 is 0 Å². The van der Waals surface area contributed by atoms with Crippen LogP contribution in [0.2, 0.25) is 0 Å². The van der Waals surface area contributed by atoms with Crippen molar-refractivity contribution in [2.45, 2.75) is 64.9 Å². The Morgan fingerprint density at radius 2 is 1.83 bits per heavy atom. The molecule has 2 saturated carbocycles. The fraction of sp³-hybridized carbons (Fsp3) is 0.577. The van der Waals surface area contributed by atoms with Gasteiger partial charge in [0.25, 0.3) is 0 Å². The summed E-state index contributed by atoms with van der Waals surface area (Å²) in [6.45, 7) is 5.03. The van der Waals surface area contributed by atoms with E-state index in [1.54, 1.807) is 5.57 Å². The molecule has 0 bridgehead atoms. The van der Waals surface area contributed by atoms with Gasteiger partial charge in [-0.2, -0.15) is 0 Å². The molecule has 4 aliphatic rings. The van der Waals surface area contributed by atoms with Crippen LogP contribution in [0.1, 0.15) is 58.8 Å². The first-order chi connectivity index (χ1) is 14.0. The van der Waals surface area contributed by atoms with Crippen molar-refractivity contribution in [3.8, 4) is 0 Å². The Labute approximate surface area is 173 Å². The van der Waals surface area contributed by atoms with Gasteiger partial charge < -0.3 is 9.67 Å². The number of imidazole rings is 1. The van der Waals surface area contributed by atoms with Gasteiger partial charge in [-0.3, -0.25) is 0 Å². The maximum atomic E-state index is 10.2. The third kappa shape index (κ3) is 2.37. The van der Waals surface area contributed by atoms with Crippen LogP contribution in [0.5, 0.6) is 0 Å². The largest absolute Gasteiger partial charge is 0.393 e. The summed E-state index contributed by atoms with van der Waals surface area (Å²) in [5, 5.41) is 10.2. The number of hydrogen-bond acceptors (Lipinski definition) is 2. The average molecular weight is 389 g/mol. The lowest BCUT2D eigenvalue weighted by molar-refractivity contribution is -0.0249. The highest BCUT2D eigenvalue weighted by molar-refractivity contribution is 5.80. The Morgan fingerprint density at radius 3 is 2.72 bits per heavy atom. The summed E-state index contributed by atoms with van der Waals surface area (Å²) in [7, 11) is 0. The van der Waals surface area contributed by atoms with Gasteiger partial charge in [-0.25, -0.2) is 4.98 Å². The van der Waals surface area contributed by atoms with Crippen molar-refractivity contribution in [3.05, 3.63) is 48.3 Å². The number of rotatable bonds is 1. The molecule has 3 nitrogen and oxygen atoms in total. The van der Waals surface area contributed by atoms with Gasteiger partial charge in [-0.15, -0.1) is 0 Å². The van der Waals surface area contributed by atoms with Crippen LogP contribution in [-0.4, -0.2) is 20.8 Å². The summed E-state index contributed by atoms with van der Waals surface area (Å²) >= 11 is 0. The molecule has 1 aromatic carbocycles. The minimum Gasteiger partial charge on any atom is -0.393 e.